The van der Waals surface area contributed by atoms with Gasteiger partial charge in [0.15, 0.2) is 0 Å². The number of anilines is 3. The van der Waals surface area contributed by atoms with Crippen LogP contribution in [0.1, 0.15) is 26.3 Å². The van der Waals surface area contributed by atoms with Crippen LogP contribution in [0.15, 0.2) is 53.6 Å². The maximum atomic E-state index is 11.6. The molecule has 0 radical (unpaired) electrons. The second-order valence-electron chi connectivity index (χ2n) is 6.52. The summed E-state index contributed by atoms with van der Waals surface area (Å²) >= 11 is 7.30. The fourth-order valence-corrected chi connectivity index (χ4v) is 3.95. The molecule has 8 heteroatoms. The number of benzene rings is 2. The van der Waals surface area contributed by atoms with Gasteiger partial charge in [0.25, 0.3) is 0 Å². The van der Waals surface area contributed by atoms with Gasteiger partial charge in [0.1, 0.15) is 10.7 Å². The molecule has 3 aromatic rings. The summed E-state index contributed by atoms with van der Waals surface area (Å²) in [4.78, 5) is 18.4. The smallest absolute Gasteiger partial charge is 0.221 e. The number of hydrogen-bond donors (Lipinski definition) is 2. The van der Waals surface area contributed by atoms with Crippen molar-refractivity contribution in [3.05, 3.63) is 59.1 Å². The summed E-state index contributed by atoms with van der Waals surface area (Å²) in [5, 5.41) is 9.01. The molecule has 3 rings (SSSR count). The van der Waals surface area contributed by atoms with Crippen molar-refractivity contribution in [1.82, 2.24) is 4.98 Å². The number of hydrogen-bond acceptors (Lipinski definition) is 6. The molecule has 0 spiro atoms. The van der Waals surface area contributed by atoms with E-state index in [9.17, 15) is 4.79 Å². The fraction of sp³-hybridized carbons (Fsp3) is 0.227. The molecule has 0 saturated heterocycles. The molecule has 0 aliphatic heterocycles. The highest BCUT2D eigenvalue weighted by Crippen LogP contribution is 2.36. The lowest BCUT2D eigenvalue weighted by Gasteiger charge is -2.20. The van der Waals surface area contributed by atoms with E-state index in [1.54, 1.807) is 18.3 Å². The van der Waals surface area contributed by atoms with Crippen LogP contribution >= 0.6 is 22.9 Å². The molecule has 6 nitrogen and oxygen atoms in total. The molecule has 0 aliphatic rings. The van der Waals surface area contributed by atoms with Gasteiger partial charge in [-0.3, -0.25) is 10.2 Å². The minimum atomic E-state index is -0.155. The number of aromatic nitrogens is 1. The van der Waals surface area contributed by atoms with Crippen LogP contribution in [0.4, 0.5) is 15.8 Å². The van der Waals surface area contributed by atoms with Crippen molar-refractivity contribution in [2.75, 3.05) is 28.7 Å². The largest absolute Gasteiger partial charge is 0.372 e. The third-order valence-corrected chi connectivity index (χ3v) is 5.56. The summed E-state index contributed by atoms with van der Waals surface area (Å²) in [5.74, 6) is -0.155. The average Bonchev–Trinajstić information content (AvgIpc) is 3.12. The zero-order valence-electron chi connectivity index (χ0n) is 17.1. The first kappa shape index (κ1) is 21.8. The van der Waals surface area contributed by atoms with Crippen LogP contribution in [-0.2, 0) is 4.79 Å². The van der Waals surface area contributed by atoms with E-state index in [1.807, 2.05) is 24.3 Å². The minimum absolute atomic E-state index is 0.155. The minimum Gasteiger partial charge on any atom is -0.372 e. The first-order valence-electron chi connectivity index (χ1n) is 9.68. The Labute approximate surface area is 185 Å². The molecule has 30 heavy (non-hydrogen) atoms. The quantitative estimate of drug-likeness (QED) is 0.346. The third kappa shape index (κ3) is 5.58. The Morgan fingerprint density at radius 1 is 1.13 bits per heavy atom. The SMILES string of the molecule is CCN(CC)c1ccc(C=NNc2nc(-c3ccc(Cl)cc3)c(NC(C)=O)s2)cc1. The van der Waals surface area contributed by atoms with Crippen LogP contribution in [0.25, 0.3) is 11.3 Å². The Morgan fingerprint density at radius 2 is 1.80 bits per heavy atom. The summed E-state index contributed by atoms with van der Waals surface area (Å²) in [7, 11) is 0. The first-order chi connectivity index (χ1) is 14.5. The number of nitrogens with one attached hydrogen (secondary N) is 2. The Balaban J connectivity index is 1.74. The molecular formula is C22H24ClN5OS. The molecule has 0 atom stereocenters. The van der Waals surface area contributed by atoms with Gasteiger partial charge in [0, 0.05) is 36.3 Å². The van der Waals surface area contributed by atoms with Crippen molar-refractivity contribution in [1.29, 1.82) is 0 Å². The second-order valence-corrected chi connectivity index (χ2v) is 7.95. The van der Waals surface area contributed by atoms with Crippen LogP contribution in [-0.4, -0.2) is 30.2 Å². The van der Waals surface area contributed by atoms with Crippen LogP contribution in [0.3, 0.4) is 0 Å². The van der Waals surface area contributed by atoms with Crippen molar-refractivity contribution >= 4 is 50.9 Å². The summed E-state index contributed by atoms with van der Waals surface area (Å²) in [6.07, 6.45) is 1.74. The van der Waals surface area contributed by atoms with Crippen LogP contribution in [0, 0.1) is 0 Å². The van der Waals surface area contributed by atoms with Gasteiger partial charge in [-0.1, -0.05) is 47.2 Å². The number of amides is 1. The van der Waals surface area contributed by atoms with E-state index >= 15 is 0 Å². The molecule has 2 aromatic carbocycles. The topological polar surface area (TPSA) is 69.6 Å². The van der Waals surface area contributed by atoms with Crippen molar-refractivity contribution in [3.63, 3.8) is 0 Å². The first-order valence-corrected chi connectivity index (χ1v) is 10.9. The zero-order chi connectivity index (χ0) is 21.5. The zero-order valence-corrected chi connectivity index (χ0v) is 18.7. The maximum Gasteiger partial charge on any atom is 0.221 e. The van der Waals surface area contributed by atoms with Gasteiger partial charge >= 0.3 is 0 Å². The molecule has 156 valence electrons. The van der Waals surface area contributed by atoms with Crippen molar-refractivity contribution in [2.45, 2.75) is 20.8 Å². The molecule has 1 aromatic heterocycles. The monoisotopic (exact) mass is 441 g/mol. The Kier molecular flexibility index (Phi) is 7.43. The Morgan fingerprint density at radius 3 is 2.40 bits per heavy atom. The lowest BCUT2D eigenvalue weighted by atomic mass is 10.2. The number of hydrazone groups is 1. The second kappa shape index (κ2) is 10.2. The number of thiazole rings is 1. The molecule has 2 N–H and O–H groups in total. The molecular weight excluding hydrogens is 418 g/mol. The van der Waals surface area contributed by atoms with Crippen LogP contribution in [0.5, 0.6) is 0 Å². The van der Waals surface area contributed by atoms with Crippen LogP contribution in [0.2, 0.25) is 5.02 Å². The summed E-state index contributed by atoms with van der Waals surface area (Å²) in [6, 6.07) is 15.6. The summed E-state index contributed by atoms with van der Waals surface area (Å²) in [5.41, 5.74) is 6.67. The Hall–Kier alpha value is -2.90. The lowest BCUT2D eigenvalue weighted by Crippen LogP contribution is -2.21. The predicted octanol–water partition coefficient (Wildman–Crippen LogP) is 5.71. The predicted molar refractivity (Wildman–Crippen MR) is 128 cm³/mol. The van der Waals surface area contributed by atoms with E-state index in [4.69, 9.17) is 11.6 Å². The van der Waals surface area contributed by atoms with Crippen molar-refractivity contribution in [2.24, 2.45) is 5.10 Å². The highest BCUT2D eigenvalue weighted by molar-refractivity contribution is 7.20. The van der Waals surface area contributed by atoms with Crippen LogP contribution < -0.4 is 15.6 Å². The van der Waals surface area contributed by atoms with Gasteiger partial charge in [0.05, 0.1) is 6.21 Å². The number of rotatable bonds is 8. The molecule has 0 unspecified atom stereocenters. The van der Waals surface area contributed by atoms with Gasteiger partial charge in [-0.15, -0.1) is 0 Å². The van der Waals surface area contributed by atoms with E-state index in [-0.39, 0.29) is 5.91 Å². The molecule has 0 saturated carbocycles. The highest BCUT2D eigenvalue weighted by atomic mass is 35.5. The normalized spacial score (nSPS) is 10.9. The number of carbonyl (C=O) groups excluding carboxylic acids is 1. The fourth-order valence-electron chi connectivity index (χ4n) is 2.94. The highest BCUT2D eigenvalue weighted by Gasteiger charge is 2.14. The summed E-state index contributed by atoms with van der Waals surface area (Å²) in [6.45, 7) is 7.71. The average molecular weight is 442 g/mol. The number of carbonyl (C=O) groups is 1. The molecule has 1 amide bonds. The Bertz CT molecular complexity index is 1010. The van der Waals surface area contributed by atoms with Gasteiger partial charge in [-0.25, -0.2) is 4.98 Å². The van der Waals surface area contributed by atoms with Gasteiger partial charge in [0.2, 0.25) is 11.0 Å². The van der Waals surface area contributed by atoms with Crippen molar-refractivity contribution in [3.8, 4) is 11.3 Å². The van der Waals surface area contributed by atoms with E-state index in [1.165, 1.54) is 23.9 Å². The summed E-state index contributed by atoms with van der Waals surface area (Å²) < 4.78 is 0. The van der Waals surface area contributed by atoms with E-state index < -0.39 is 0 Å². The molecule has 0 bridgehead atoms. The standard InChI is InChI=1S/C22H24ClN5OS/c1-4-28(5-2)19-12-6-16(7-13-19)14-24-27-22-26-20(21(30-22)25-15(3)29)17-8-10-18(23)11-9-17/h6-14H,4-5H2,1-3H3,(H,25,29)(H,26,27). The van der Waals surface area contributed by atoms with Gasteiger partial charge in [-0.2, -0.15) is 5.10 Å². The molecule has 0 aliphatic carbocycles. The lowest BCUT2D eigenvalue weighted by molar-refractivity contribution is -0.114. The van der Waals surface area contributed by atoms with Crippen molar-refractivity contribution < 1.29 is 4.79 Å². The van der Waals surface area contributed by atoms with Gasteiger partial charge in [-0.05, 0) is 43.7 Å². The molecule has 1 heterocycles. The third-order valence-electron chi connectivity index (χ3n) is 4.43. The van der Waals surface area contributed by atoms with E-state index in [2.05, 4.69) is 51.7 Å². The van der Waals surface area contributed by atoms with E-state index in [0.29, 0.717) is 20.8 Å². The maximum absolute atomic E-state index is 11.6. The number of nitrogens with zero attached hydrogens (tertiary/aromatic N) is 3. The number of halogens is 1. The van der Waals surface area contributed by atoms with Gasteiger partial charge < -0.3 is 10.2 Å². The molecule has 0 fully saturated rings. The van der Waals surface area contributed by atoms with E-state index in [0.717, 1.165) is 24.2 Å².